The van der Waals surface area contributed by atoms with Crippen LogP contribution in [0.25, 0.3) is 10.9 Å². The molecule has 2 nitrogen and oxygen atoms in total. The Bertz CT molecular complexity index is 592. The number of halogens is 1. The molecule has 0 N–H and O–H groups in total. The molecular weight excluding hydrogens is 259 g/mol. The maximum absolute atomic E-state index is 13.6. The summed E-state index contributed by atoms with van der Waals surface area (Å²) >= 11 is 1.81. The van der Waals surface area contributed by atoms with Crippen molar-refractivity contribution < 1.29 is 4.39 Å². The van der Waals surface area contributed by atoms with Crippen LogP contribution in [0, 0.1) is 17.1 Å². The van der Waals surface area contributed by atoms with Gasteiger partial charge in [0.15, 0.2) is 0 Å². The molecule has 0 aliphatic rings. The molecule has 4 heteroatoms. The lowest BCUT2D eigenvalue weighted by Crippen LogP contribution is -1.91. The number of benzene rings is 1. The summed E-state index contributed by atoms with van der Waals surface area (Å²) in [4.78, 5) is 4.27. The van der Waals surface area contributed by atoms with Gasteiger partial charge in [0.05, 0.1) is 11.6 Å². The number of pyridine rings is 1. The number of unbranched alkanes of at least 4 members (excludes halogenated alkanes) is 2. The first kappa shape index (κ1) is 13.8. The number of thioether (sulfide) groups is 1. The average molecular weight is 274 g/mol. The number of fused-ring (bicyclic) bond motifs is 1. The first-order valence-corrected chi connectivity index (χ1v) is 7.45. The molecule has 0 atom stereocenters. The van der Waals surface area contributed by atoms with Crippen molar-refractivity contribution in [3.8, 4) is 6.07 Å². The number of nitrogens with zero attached hydrogens (tertiary/aromatic N) is 2. The molecule has 0 bridgehead atoms. The lowest BCUT2D eigenvalue weighted by atomic mass is 10.1. The molecule has 0 aliphatic heterocycles. The summed E-state index contributed by atoms with van der Waals surface area (Å²) in [5.41, 5.74) is 1.83. The molecule has 0 saturated heterocycles. The first-order chi connectivity index (χ1) is 9.33. The predicted octanol–water partition coefficient (Wildman–Crippen LogP) is 4.30. The average Bonchev–Trinajstić information content (AvgIpc) is 2.45. The van der Waals surface area contributed by atoms with Crippen LogP contribution in [0.2, 0.25) is 0 Å². The third-order valence-corrected chi connectivity index (χ3v) is 3.98. The van der Waals surface area contributed by atoms with Gasteiger partial charge < -0.3 is 0 Å². The standard InChI is InChI=1S/C15H15FN2S/c16-14-7-6-12(11-19-10-3-1-2-8-17)15-13(14)5-4-9-18-15/h4-7,9H,1-3,10-11H2. The van der Waals surface area contributed by atoms with Crippen molar-refractivity contribution in [3.63, 3.8) is 0 Å². The van der Waals surface area contributed by atoms with E-state index in [1.165, 1.54) is 6.07 Å². The summed E-state index contributed by atoms with van der Waals surface area (Å²) in [6, 6.07) is 8.98. The van der Waals surface area contributed by atoms with Crippen molar-refractivity contribution >= 4 is 22.7 Å². The molecule has 0 saturated carbocycles. The van der Waals surface area contributed by atoms with Gasteiger partial charge in [-0.25, -0.2) is 4.39 Å². The molecule has 1 aromatic heterocycles. The van der Waals surface area contributed by atoms with Crippen molar-refractivity contribution in [2.75, 3.05) is 5.75 Å². The molecule has 1 aromatic carbocycles. The Labute approximate surface area is 116 Å². The van der Waals surface area contributed by atoms with Crippen LogP contribution in [-0.2, 0) is 5.75 Å². The maximum atomic E-state index is 13.6. The number of rotatable bonds is 6. The fourth-order valence-corrected chi connectivity index (χ4v) is 2.91. The SMILES string of the molecule is N#CCCCCSCc1ccc(F)c2cccnc12. The molecule has 19 heavy (non-hydrogen) atoms. The lowest BCUT2D eigenvalue weighted by Gasteiger charge is -2.06. The Kier molecular flexibility index (Phi) is 5.17. The largest absolute Gasteiger partial charge is 0.256 e. The van der Waals surface area contributed by atoms with Crippen LogP contribution in [0.1, 0.15) is 24.8 Å². The zero-order valence-corrected chi connectivity index (χ0v) is 11.4. The quantitative estimate of drug-likeness (QED) is 0.737. The van der Waals surface area contributed by atoms with Gasteiger partial charge in [0.1, 0.15) is 5.82 Å². The van der Waals surface area contributed by atoms with Gasteiger partial charge in [-0.15, -0.1) is 0 Å². The van der Waals surface area contributed by atoms with Crippen LogP contribution in [0.5, 0.6) is 0 Å². The van der Waals surface area contributed by atoms with Crippen LogP contribution in [-0.4, -0.2) is 10.7 Å². The first-order valence-electron chi connectivity index (χ1n) is 6.29. The van der Waals surface area contributed by atoms with Gasteiger partial charge >= 0.3 is 0 Å². The third-order valence-electron chi connectivity index (χ3n) is 2.88. The highest BCUT2D eigenvalue weighted by atomic mass is 32.2. The summed E-state index contributed by atoms with van der Waals surface area (Å²) in [5.74, 6) is 1.64. The van der Waals surface area contributed by atoms with Crippen molar-refractivity contribution in [2.24, 2.45) is 0 Å². The Morgan fingerprint density at radius 2 is 2.16 bits per heavy atom. The highest BCUT2D eigenvalue weighted by Gasteiger charge is 2.06. The van der Waals surface area contributed by atoms with Gasteiger partial charge in [-0.2, -0.15) is 17.0 Å². The van der Waals surface area contributed by atoms with E-state index in [1.807, 2.05) is 6.07 Å². The second-order valence-electron chi connectivity index (χ2n) is 4.27. The van der Waals surface area contributed by atoms with Gasteiger partial charge in [0.2, 0.25) is 0 Å². The van der Waals surface area contributed by atoms with Crippen molar-refractivity contribution in [2.45, 2.75) is 25.0 Å². The molecular formula is C15H15FN2S. The van der Waals surface area contributed by atoms with Crippen LogP contribution >= 0.6 is 11.8 Å². The maximum Gasteiger partial charge on any atom is 0.132 e. The summed E-state index contributed by atoms with van der Waals surface area (Å²) in [6.45, 7) is 0. The Balaban J connectivity index is 1.98. The predicted molar refractivity (Wildman–Crippen MR) is 77.3 cm³/mol. The van der Waals surface area contributed by atoms with Crippen LogP contribution in [0.3, 0.4) is 0 Å². The van der Waals surface area contributed by atoms with Crippen molar-refractivity contribution in [1.29, 1.82) is 5.26 Å². The molecule has 98 valence electrons. The van der Waals surface area contributed by atoms with E-state index in [1.54, 1.807) is 30.1 Å². The second-order valence-corrected chi connectivity index (χ2v) is 5.38. The summed E-state index contributed by atoms with van der Waals surface area (Å²) < 4.78 is 13.6. The van der Waals surface area contributed by atoms with Crippen molar-refractivity contribution in [3.05, 3.63) is 41.8 Å². The second kappa shape index (κ2) is 7.10. The molecule has 0 radical (unpaired) electrons. The monoisotopic (exact) mass is 274 g/mol. The van der Waals surface area contributed by atoms with E-state index in [9.17, 15) is 4.39 Å². The zero-order chi connectivity index (χ0) is 13.5. The molecule has 2 rings (SSSR count). The van der Waals surface area contributed by atoms with Gasteiger partial charge in [0, 0.05) is 23.8 Å². The summed E-state index contributed by atoms with van der Waals surface area (Å²) in [6.07, 6.45) is 4.32. The number of hydrogen-bond donors (Lipinski definition) is 0. The molecule has 0 amide bonds. The van der Waals surface area contributed by atoms with Gasteiger partial charge in [-0.1, -0.05) is 6.07 Å². The van der Waals surface area contributed by atoms with Gasteiger partial charge in [-0.05, 0) is 42.4 Å². The summed E-state index contributed by atoms with van der Waals surface area (Å²) in [5, 5.41) is 9.03. The molecule has 0 unspecified atom stereocenters. The molecule has 0 aliphatic carbocycles. The minimum Gasteiger partial charge on any atom is -0.256 e. The lowest BCUT2D eigenvalue weighted by molar-refractivity contribution is 0.639. The van der Waals surface area contributed by atoms with E-state index in [4.69, 9.17) is 5.26 Å². The van der Waals surface area contributed by atoms with E-state index in [2.05, 4.69) is 11.1 Å². The fourth-order valence-electron chi connectivity index (χ4n) is 1.90. The van der Waals surface area contributed by atoms with Crippen LogP contribution in [0.15, 0.2) is 30.5 Å². The molecule has 0 spiro atoms. The molecule has 0 fully saturated rings. The fraction of sp³-hybridized carbons (Fsp3) is 0.333. The van der Waals surface area contributed by atoms with Crippen LogP contribution in [0.4, 0.5) is 4.39 Å². The topological polar surface area (TPSA) is 36.7 Å². The highest BCUT2D eigenvalue weighted by molar-refractivity contribution is 7.98. The minimum absolute atomic E-state index is 0.217. The van der Waals surface area contributed by atoms with E-state index >= 15 is 0 Å². The number of hydrogen-bond acceptors (Lipinski definition) is 3. The van der Waals surface area contributed by atoms with E-state index in [-0.39, 0.29) is 5.82 Å². The number of nitriles is 1. The molecule has 1 heterocycles. The Hall–Kier alpha value is -1.60. The van der Waals surface area contributed by atoms with E-state index < -0.39 is 0 Å². The van der Waals surface area contributed by atoms with Gasteiger partial charge in [-0.3, -0.25) is 4.98 Å². The van der Waals surface area contributed by atoms with E-state index in [0.29, 0.717) is 11.8 Å². The molecule has 2 aromatic rings. The summed E-state index contributed by atoms with van der Waals surface area (Å²) in [7, 11) is 0. The Morgan fingerprint density at radius 3 is 3.00 bits per heavy atom. The number of aromatic nitrogens is 1. The Morgan fingerprint density at radius 1 is 1.26 bits per heavy atom. The minimum atomic E-state index is -0.217. The van der Waals surface area contributed by atoms with E-state index in [0.717, 1.165) is 35.4 Å². The highest BCUT2D eigenvalue weighted by Crippen LogP contribution is 2.23. The zero-order valence-electron chi connectivity index (χ0n) is 10.6. The van der Waals surface area contributed by atoms with Gasteiger partial charge in [0.25, 0.3) is 0 Å². The normalized spacial score (nSPS) is 10.5. The van der Waals surface area contributed by atoms with Crippen LogP contribution < -0.4 is 0 Å². The smallest absolute Gasteiger partial charge is 0.132 e. The third kappa shape index (κ3) is 3.68. The van der Waals surface area contributed by atoms with Crippen molar-refractivity contribution in [1.82, 2.24) is 4.98 Å².